The summed E-state index contributed by atoms with van der Waals surface area (Å²) in [6, 6.07) is 18.1. The molecule has 1 aliphatic rings. The third-order valence-corrected chi connectivity index (χ3v) is 6.40. The van der Waals surface area contributed by atoms with Crippen LogP contribution in [-0.2, 0) is 4.79 Å². The molecule has 8 nitrogen and oxygen atoms in total. The van der Waals surface area contributed by atoms with Crippen molar-refractivity contribution in [2.75, 3.05) is 31.1 Å². The fourth-order valence-electron chi connectivity index (χ4n) is 3.57. The van der Waals surface area contributed by atoms with Crippen molar-refractivity contribution in [3.63, 3.8) is 0 Å². The van der Waals surface area contributed by atoms with Crippen LogP contribution in [-0.4, -0.2) is 57.1 Å². The van der Waals surface area contributed by atoms with E-state index in [1.165, 1.54) is 23.9 Å². The average molecular weight is 450 g/mol. The highest BCUT2D eigenvalue weighted by molar-refractivity contribution is 8.00. The smallest absolute Gasteiger partial charge is 0.269 e. The van der Waals surface area contributed by atoms with Crippen LogP contribution in [0.15, 0.2) is 71.8 Å². The third-order valence-electron chi connectivity index (χ3n) is 5.30. The van der Waals surface area contributed by atoms with Crippen LogP contribution in [0.3, 0.4) is 0 Å². The maximum Gasteiger partial charge on any atom is 0.269 e. The molecule has 1 amide bonds. The van der Waals surface area contributed by atoms with Gasteiger partial charge in [-0.3, -0.25) is 14.9 Å². The summed E-state index contributed by atoms with van der Waals surface area (Å²) in [4.78, 5) is 37.3. The van der Waals surface area contributed by atoms with Gasteiger partial charge in [-0.25, -0.2) is 9.97 Å². The molecule has 4 rings (SSSR count). The summed E-state index contributed by atoms with van der Waals surface area (Å²) in [5, 5.41) is 10.5. The zero-order valence-corrected chi connectivity index (χ0v) is 18.4. The second-order valence-electron chi connectivity index (χ2n) is 7.43. The van der Waals surface area contributed by atoms with Gasteiger partial charge in [0.2, 0.25) is 5.91 Å². The van der Waals surface area contributed by atoms with E-state index in [-0.39, 0.29) is 16.8 Å². The first-order valence-corrected chi connectivity index (χ1v) is 11.2. The molecule has 3 aromatic rings. The third kappa shape index (κ3) is 5.05. The van der Waals surface area contributed by atoms with Gasteiger partial charge in [-0.15, -0.1) is 11.8 Å². The van der Waals surface area contributed by atoms with Gasteiger partial charge in [-0.1, -0.05) is 30.3 Å². The Balaban J connectivity index is 1.34. The molecule has 1 aliphatic heterocycles. The predicted molar refractivity (Wildman–Crippen MR) is 125 cm³/mol. The Morgan fingerprint density at radius 1 is 1.03 bits per heavy atom. The van der Waals surface area contributed by atoms with Gasteiger partial charge in [0.25, 0.3) is 5.69 Å². The molecule has 0 aliphatic carbocycles. The van der Waals surface area contributed by atoms with Crippen molar-refractivity contribution in [2.24, 2.45) is 0 Å². The minimum atomic E-state index is -0.428. The number of benzene rings is 2. The molecule has 32 heavy (non-hydrogen) atoms. The van der Waals surface area contributed by atoms with Crippen molar-refractivity contribution in [1.82, 2.24) is 14.9 Å². The van der Waals surface area contributed by atoms with Crippen molar-refractivity contribution in [3.05, 3.63) is 77.0 Å². The lowest BCUT2D eigenvalue weighted by molar-refractivity contribution is -0.384. The van der Waals surface area contributed by atoms with Crippen LogP contribution < -0.4 is 4.90 Å². The van der Waals surface area contributed by atoms with Gasteiger partial charge in [0, 0.05) is 55.0 Å². The Hall–Kier alpha value is -3.46. The molecule has 1 unspecified atom stereocenters. The van der Waals surface area contributed by atoms with Crippen LogP contribution in [0.5, 0.6) is 0 Å². The van der Waals surface area contributed by atoms with Gasteiger partial charge in [0.15, 0.2) is 5.82 Å². The summed E-state index contributed by atoms with van der Waals surface area (Å²) < 4.78 is 0. The Labute approximate surface area is 190 Å². The summed E-state index contributed by atoms with van der Waals surface area (Å²) in [6.07, 6.45) is 1.77. The fourth-order valence-corrected chi connectivity index (χ4v) is 4.52. The number of hydrogen-bond donors (Lipinski definition) is 0. The van der Waals surface area contributed by atoms with E-state index < -0.39 is 4.92 Å². The number of rotatable bonds is 6. The summed E-state index contributed by atoms with van der Waals surface area (Å²) in [6.45, 7) is 4.51. The molecular formula is C23H23N5O3S. The lowest BCUT2D eigenvalue weighted by Gasteiger charge is -2.36. The summed E-state index contributed by atoms with van der Waals surface area (Å²) in [5.41, 5.74) is 1.02. The summed E-state index contributed by atoms with van der Waals surface area (Å²) in [5.74, 6) is 1.62. The largest absolute Gasteiger partial charge is 0.353 e. The van der Waals surface area contributed by atoms with Gasteiger partial charge in [-0.05, 0) is 25.1 Å². The first kappa shape index (κ1) is 21.8. The highest BCUT2D eigenvalue weighted by Crippen LogP contribution is 2.27. The van der Waals surface area contributed by atoms with E-state index in [4.69, 9.17) is 4.98 Å². The molecule has 0 saturated carbocycles. The quantitative estimate of drug-likeness (QED) is 0.320. The van der Waals surface area contributed by atoms with Crippen molar-refractivity contribution in [3.8, 4) is 11.4 Å². The standard InChI is InChI=1S/C23H23N5O3S/c1-17(32-20-9-7-19(8-10-20)28(30)31)23(29)27-15-13-26(14-16-27)21-11-12-24-22(25-21)18-5-3-2-4-6-18/h2-12,17H,13-16H2,1H3. The molecule has 1 aromatic heterocycles. The van der Waals surface area contributed by atoms with Crippen molar-refractivity contribution < 1.29 is 9.72 Å². The SMILES string of the molecule is CC(Sc1ccc([N+](=O)[O-])cc1)C(=O)N1CCN(c2ccnc(-c3ccccc3)n2)CC1. The first-order chi connectivity index (χ1) is 15.5. The number of nitro benzene ring substituents is 1. The Morgan fingerprint density at radius 2 is 1.72 bits per heavy atom. The molecule has 0 N–H and O–H groups in total. The Bertz CT molecular complexity index is 1090. The Kier molecular flexibility index (Phi) is 6.65. The second-order valence-corrected chi connectivity index (χ2v) is 8.84. The van der Waals surface area contributed by atoms with E-state index in [0.717, 1.165) is 16.3 Å². The molecule has 0 spiro atoms. The molecule has 2 aromatic carbocycles. The second kappa shape index (κ2) is 9.78. The van der Waals surface area contributed by atoms with Crippen molar-refractivity contribution >= 4 is 29.2 Å². The van der Waals surface area contributed by atoms with E-state index in [1.54, 1.807) is 18.3 Å². The van der Waals surface area contributed by atoms with E-state index in [0.29, 0.717) is 32.0 Å². The van der Waals surface area contributed by atoms with Crippen molar-refractivity contribution in [1.29, 1.82) is 0 Å². The number of carbonyl (C=O) groups excluding carboxylic acids is 1. The number of non-ortho nitro benzene ring substituents is 1. The van der Waals surface area contributed by atoms with Crippen LogP contribution in [0.25, 0.3) is 11.4 Å². The number of amides is 1. The molecular weight excluding hydrogens is 426 g/mol. The fraction of sp³-hybridized carbons (Fsp3) is 0.261. The number of thioether (sulfide) groups is 1. The summed E-state index contributed by atoms with van der Waals surface area (Å²) in [7, 11) is 0. The van der Waals surface area contributed by atoms with Crippen LogP contribution in [0, 0.1) is 10.1 Å². The molecule has 1 fully saturated rings. The average Bonchev–Trinajstić information content (AvgIpc) is 2.84. The topological polar surface area (TPSA) is 92.5 Å². The van der Waals surface area contributed by atoms with E-state index in [9.17, 15) is 14.9 Å². The minimum absolute atomic E-state index is 0.0459. The molecule has 9 heteroatoms. The number of nitro groups is 1. The minimum Gasteiger partial charge on any atom is -0.353 e. The number of nitrogens with zero attached hydrogens (tertiary/aromatic N) is 5. The molecule has 2 heterocycles. The van der Waals surface area contributed by atoms with Crippen molar-refractivity contribution in [2.45, 2.75) is 17.1 Å². The lowest BCUT2D eigenvalue weighted by atomic mass is 10.2. The van der Waals surface area contributed by atoms with Gasteiger partial charge >= 0.3 is 0 Å². The molecule has 0 bridgehead atoms. The molecule has 1 saturated heterocycles. The van der Waals surface area contributed by atoms with Crippen LogP contribution in [0.4, 0.5) is 11.5 Å². The van der Waals surface area contributed by atoms with Gasteiger partial charge in [0.1, 0.15) is 5.82 Å². The van der Waals surface area contributed by atoms with Crippen LogP contribution in [0.1, 0.15) is 6.92 Å². The molecule has 164 valence electrons. The maximum absolute atomic E-state index is 12.9. The van der Waals surface area contributed by atoms with Crippen LogP contribution >= 0.6 is 11.8 Å². The maximum atomic E-state index is 12.9. The number of carbonyl (C=O) groups is 1. The van der Waals surface area contributed by atoms with Gasteiger partial charge < -0.3 is 9.80 Å². The first-order valence-electron chi connectivity index (χ1n) is 10.3. The van der Waals surface area contributed by atoms with Crippen LogP contribution in [0.2, 0.25) is 0 Å². The molecule has 1 atom stereocenters. The van der Waals surface area contributed by atoms with E-state index in [2.05, 4.69) is 9.88 Å². The number of piperazine rings is 1. The predicted octanol–water partition coefficient (Wildman–Crippen LogP) is 3.88. The molecule has 0 radical (unpaired) electrons. The van der Waals surface area contributed by atoms with Gasteiger partial charge in [0.05, 0.1) is 10.2 Å². The van der Waals surface area contributed by atoms with E-state index >= 15 is 0 Å². The Morgan fingerprint density at radius 3 is 2.38 bits per heavy atom. The zero-order valence-electron chi connectivity index (χ0n) is 17.6. The normalized spacial score (nSPS) is 14.8. The highest BCUT2D eigenvalue weighted by atomic mass is 32.2. The monoisotopic (exact) mass is 449 g/mol. The zero-order chi connectivity index (χ0) is 22.5. The summed E-state index contributed by atoms with van der Waals surface area (Å²) >= 11 is 1.41. The number of aromatic nitrogens is 2. The van der Waals surface area contributed by atoms with Gasteiger partial charge in [-0.2, -0.15) is 0 Å². The lowest BCUT2D eigenvalue weighted by Crippen LogP contribution is -2.50. The number of hydrogen-bond acceptors (Lipinski definition) is 7. The van der Waals surface area contributed by atoms with E-state index in [1.807, 2.05) is 48.2 Å². The highest BCUT2D eigenvalue weighted by Gasteiger charge is 2.26. The number of anilines is 1.